The summed E-state index contributed by atoms with van der Waals surface area (Å²) in [6.45, 7) is 13.1. The fourth-order valence-electron chi connectivity index (χ4n) is 5.01. The first-order valence-corrected chi connectivity index (χ1v) is 15.7. The predicted molar refractivity (Wildman–Crippen MR) is 159 cm³/mol. The van der Waals surface area contributed by atoms with E-state index < -0.39 is 0 Å². The topological polar surface area (TPSA) is 21.7 Å². The highest BCUT2D eigenvalue weighted by molar-refractivity contribution is 4.92. The molecule has 1 aliphatic rings. The smallest absolute Gasteiger partial charge is 0.0975 e. The Morgan fingerprint density at radius 1 is 0.667 bits per heavy atom. The fraction of sp³-hybridized carbons (Fsp3) is 0.879. The van der Waals surface area contributed by atoms with Crippen molar-refractivity contribution in [3.05, 3.63) is 24.3 Å². The third-order valence-electron chi connectivity index (χ3n) is 7.50. The van der Waals surface area contributed by atoms with Crippen LogP contribution in [0.15, 0.2) is 24.3 Å². The summed E-state index contributed by atoms with van der Waals surface area (Å²) in [4.78, 5) is 2.36. The molecular formula is C33H63NO2. The van der Waals surface area contributed by atoms with Gasteiger partial charge in [0.15, 0.2) is 0 Å². The van der Waals surface area contributed by atoms with Gasteiger partial charge in [0.25, 0.3) is 0 Å². The zero-order valence-electron chi connectivity index (χ0n) is 25.0. The SMILES string of the molecule is CCCCCC=CCC=CCCCCCCCCO[C@H]1CN(C)C[C@@H]1OCCC(C)CCCC(C)C. The molecule has 3 atom stereocenters. The number of nitrogens with zero attached hydrogens (tertiary/aromatic N) is 1. The Labute approximate surface area is 226 Å². The molecule has 3 heteroatoms. The van der Waals surface area contributed by atoms with Crippen LogP contribution in [0.3, 0.4) is 0 Å². The van der Waals surface area contributed by atoms with Crippen molar-refractivity contribution in [1.82, 2.24) is 4.90 Å². The minimum absolute atomic E-state index is 0.252. The molecule has 0 amide bonds. The highest BCUT2D eigenvalue weighted by atomic mass is 16.5. The quantitative estimate of drug-likeness (QED) is 0.0963. The van der Waals surface area contributed by atoms with Gasteiger partial charge in [-0.3, -0.25) is 0 Å². The van der Waals surface area contributed by atoms with E-state index in [-0.39, 0.29) is 12.2 Å². The van der Waals surface area contributed by atoms with Gasteiger partial charge in [0.05, 0.1) is 12.2 Å². The molecule has 1 aliphatic heterocycles. The van der Waals surface area contributed by atoms with Gasteiger partial charge >= 0.3 is 0 Å². The molecule has 212 valence electrons. The number of likely N-dealkylation sites (N-methyl/N-ethyl adjacent to an activating group) is 1. The molecule has 1 unspecified atom stereocenters. The summed E-state index contributed by atoms with van der Waals surface area (Å²) in [5, 5.41) is 0. The highest BCUT2D eigenvalue weighted by Gasteiger charge is 2.32. The van der Waals surface area contributed by atoms with Crippen LogP contribution in [0.2, 0.25) is 0 Å². The minimum Gasteiger partial charge on any atom is -0.374 e. The third-order valence-corrected chi connectivity index (χ3v) is 7.50. The van der Waals surface area contributed by atoms with Gasteiger partial charge in [0.1, 0.15) is 0 Å². The molecule has 0 N–H and O–H groups in total. The van der Waals surface area contributed by atoms with Crippen LogP contribution in [0.1, 0.15) is 130 Å². The van der Waals surface area contributed by atoms with E-state index in [2.05, 4.69) is 63.9 Å². The average Bonchev–Trinajstić information content (AvgIpc) is 3.19. The van der Waals surface area contributed by atoms with Crippen LogP contribution in [-0.2, 0) is 9.47 Å². The second-order valence-corrected chi connectivity index (χ2v) is 11.8. The number of unbranched alkanes of at least 4 members (excludes halogenated alkanes) is 9. The Morgan fingerprint density at radius 3 is 1.89 bits per heavy atom. The number of likely N-dealkylation sites (tertiary alicyclic amines) is 1. The maximum absolute atomic E-state index is 6.29. The van der Waals surface area contributed by atoms with Crippen LogP contribution in [0, 0.1) is 11.8 Å². The molecule has 0 aliphatic carbocycles. The van der Waals surface area contributed by atoms with Crippen molar-refractivity contribution >= 4 is 0 Å². The van der Waals surface area contributed by atoms with Crippen molar-refractivity contribution in [3.63, 3.8) is 0 Å². The van der Waals surface area contributed by atoms with Crippen molar-refractivity contribution in [3.8, 4) is 0 Å². The van der Waals surface area contributed by atoms with Crippen molar-refractivity contribution in [2.75, 3.05) is 33.4 Å². The zero-order chi connectivity index (χ0) is 26.3. The molecule has 0 spiro atoms. The van der Waals surface area contributed by atoms with Crippen LogP contribution >= 0.6 is 0 Å². The Morgan fingerprint density at radius 2 is 1.25 bits per heavy atom. The van der Waals surface area contributed by atoms with E-state index in [1.165, 1.54) is 96.3 Å². The first kappa shape index (κ1) is 33.4. The summed E-state index contributed by atoms with van der Waals surface area (Å²) in [6, 6.07) is 0. The predicted octanol–water partition coefficient (Wildman–Crippen LogP) is 9.37. The number of rotatable bonds is 24. The fourth-order valence-corrected chi connectivity index (χ4v) is 5.01. The van der Waals surface area contributed by atoms with Gasteiger partial charge in [-0.15, -0.1) is 0 Å². The van der Waals surface area contributed by atoms with E-state index in [9.17, 15) is 0 Å². The Hall–Kier alpha value is -0.640. The Bertz CT molecular complexity index is 530. The average molecular weight is 506 g/mol. The van der Waals surface area contributed by atoms with Crippen LogP contribution in [-0.4, -0.2) is 50.5 Å². The first-order chi connectivity index (χ1) is 17.5. The molecule has 1 rings (SSSR count). The van der Waals surface area contributed by atoms with Crippen molar-refractivity contribution in [1.29, 1.82) is 0 Å². The van der Waals surface area contributed by atoms with E-state index in [4.69, 9.17) is 9.47 Å². The molecule has 0 aromatic rings. The summed E-state index contributed by atoms with van der Waals surface area (Å²) >= 11 is 0. The van der Waals surface area contributed by atoms with Gasteiger partial charge in [-0.25, -0.2) is 0 Å². The van der Waals surface area contributed by atoms with E-state index in [1.54, 1.807) is 0 Å². The lowest BCUT2D eigenvalue weighted by molar-refractivity contribution is -0.0500. The Balaban J connectivity index is 1.97. The molecule has 36 heavy (non-hydrogen) atoms. The molecule has 0 bridgehead atoms. The monoisotopic (exact) mass is 505 g/mol. The number of hydrogen-bond acceptors (Lipinski definition) is 3. The van der Waals surface area contributed by atoms with Gasteiger partial charge in [0, 0.05) is 26.3 Å². The van der Waals surface area contributed by atoms with Crippen LogP contribution in [0.4, 0.5) is 0 Å². The number of ether oxygens (including phenoxy) is 2. The summed E-state index contributed by atoms with van der Waals surface area (Å²) < 4.78 is 12.6. The largest absolute Gasteiger partial charge is 0.374 e. The van der Waals surface area contributed by atoms with E-state index in [1.807, 2.05) is 0 Å². The lowest BCUT2D eigenvalue weighted by atomic mass is 9.98. The molecule has 3 nitrogen and oxygen atoms in total. The van der Waals surface area contributed by atoms with Crippen LogP contribution in [0.25, 0.3) is 0 Å². The molecule has 0 saturated carbocycles. The van der Waals surface area contributed by atoms with E-state index >= 15 is 0 Å². The second-order valence-electron chi connectivity index (χ2n) is 11.8. The minimum atomic E-state index is 0.252. The Kier molecular flexibility index (Phi) is 21.8. The molecule has 1 saturated heterocycles. The maximum atomic E-state index is 6.29. The van der Waals surface area contributed by atoms with Gasteiger partial charge in [0.2, 0.25) is 0 Å². The molecule has 1 heterocycles. The van der Waals surface area contributed by atoms with E-state index in [0.717, 1.165) is 44.6 Å². The number of hydrogen-bond donors (Lipinski definition) is 0. The van der Waals surface area contributed by atoms with E-state index in [0.29, 0.717) is 0 Å². The highest BCUT2D eigenvalue weighted by Crippen LogP contribution is 2.19. The van der Waals surface area contributed by atoms with Crippen molar-refractivity contribution < 1.29 is 9.47 Å². The van der Waals surface area contributed by atoms with Crippen LogP contribution < -0.4 is 0 Å². The van der Waals surface area contributed by atoms with Gasteiger partial charge in [-0.2, -0.15) is 0 Å². The lowest BCUT2D eigenvalue weighted by Gasteiger charge is -2.21. The van der Waals surface area contributed by atoms with Gasteiger partial charge in [-0.1, -0.05) is 110 Å². The van der Waals surface area contributed by atoms with Crippen LogP contribution in [0.5, 0.6) is 0 Å². The molecule has 0 aromatic heterocycles. The summed E-state index contributed by atoms with van der Waals surface area (Å²) in [6.07, 6.45) is 30.6. The molecular weight excluding hydrogens is 442 g/mol. The van der Waals surface area contributed by atoms with Crippen molar-refractivity contribution in [2.45, 2.75) is 143 Å². The standard InChI is InChI=1S/C33H63NO2/c1-6-7-8-9-10-11-12-13-14-15-16-17-18-19-20-21-26-35-32-28-34(5)29-33(32)36-27-25-31(4)24-22-23-30(2)3/h10-11,13-14,30-33H,6-9,12,15-29H2,1-5H3/t31?,32-,33-/m0/s1. The summed E-state index contributed by atoms with van der Waals surface area (Å²) in [7, 11) is 2.19. The summed E-state index contributed by atoms with van der Waals surface area (Å²) in [5.74, 6) is 1.59. The van der Waals surface area contributed by atoms with Gasteiger partial charge < -0.3 is 14.4 Å². The maximum Gasteiger partial charge on any atom is 0.0975 e. The molecule has 0 aromatic carbocycles. The summed E-state index contributed by atoms with van der Waals surface area (Å²) in [5.41, 5.74) is 0. The lowest BCUT2D eigenvalue weighted by Crippen LogP contribution is -2.31. The zero-order valence-corrected chi connectivity index (χ0v) is 25.0. The molecule has 0 radical (unpaired) electrons. The van der Waals surface area contributed by atoms with Gasteiger partial charge in [-0.05, 0) is 63.8 Å². The third kappa shape index (κ3) is 19.5. The number of allylic oxidation sites excluding steroid dienone is 4. The normalized spacial score (nSPS) is 19.9. The van der Waals surface area contributed by atoms with Crippen molar-refractivity contribution in [2.24, 2.45) is 11.8 Å². The second kappa shape index (κ2) is 23.5. The first-order valence-electron chi connectivity index (χ1n) is 15.7. The molecule has 1 fully saturated rings.